The van der Waals surface area contributed by atoms with Crippen molar-refractivity contribution in [1.29, 1.82) is 5.41 Å². The maximum Gasteiger partial charge on any atom is 0.296 e. The first-order chi connectivity index (χ1) is 6.20. The second-order valence-corrected chi connectivity index (χ2v) is 2.55. The lowest BCUT2D eigenvalue weighted by atomic mass is 10.0. The summed E-state index contributed by atoms with van der Waals surface area (Å²) in [6.45, 7) is 0. The van der Waals surface area contributed by atoms with Gasteiger partial charge in [-0.2, -0.15) is 0 Å². The molecule has 0 radical (unpaired) electrons. The lowest BCUT2D eigenvalue weighted by Gasteiger charge is -2.09. The first-order valence-electron chi connectivity index (χ1n) is 3.57. The SMILES string of the molecule is N=C1N=NC(=O)c2cccc(O)c21. The van der Waals surface area contributed by atoms with Crippen molar-refractivity contribution in [3.63, 3.8) is 0 Å². The Morgan fingerprint density at radius 1 is 1.31 bits per heavy atom. The molecule has 0 aromatic heterocycles. The second-order valence-electron chi connectivity index (χ2n) is 2.55. The summed E-state index contributed by atoms with van der Waals surface area (Å²) in [5.41, 5.74) is 0.377. The van der Waals surface area contributed by atoms with Gasteiger partial charge in [-0.05, 0) is 12.1 Å². The van der Waals surface area contributed by atoms with Crippen LogP contribution in [0.4, 0.5) is 0 Å². The molecule has 1 aromatic carbocycles. The van der Waals surface area contributed by atoms with Gasteiger partial charge in [-0.25, -0.2) is 0 Å². The fourth-order valence-corrected chi connectivity index (χ4v) is 1.17. The van der Waals surface area contributed by atoms with Crippen LogP contribution in [0.25, 0.3) is 0 Å². The van der Waals surface area contributed by atoms with Crippen molar-refractivity contribution in [2.75, 3.05) is 0 Å². The Balaban J connectivity index is 2.76. The van der Waals surface area contributed by atoms with Gasteiger partial charge >= 0.3 is 0 Å². The quantitative estimate of drug-likeness (QED) is 0.623. The molecule has 1 heterocycles. The monoisotopic (exact) mass is 175 g/mol. The van der Waals surface area contributed by atoms with Gasteiger partial charge in [0.05, 0.1) is 11.1 Å². The summed E-state index contributed by atoms with van der Waals surface area (Å²) < 4.78 is 0. The molecule has 0 saturated heterocycles. The average Bonchev–Trinajstić information content (AvgIpc) is 2.12. The highest BCUT2D eigenvalue weighted by Crippen LogP contribution is 2.25. The van der Waals surface area contributed by atoms with Crippen LogP contribution in [0.1, 0.15) is 15.9 Å². The number of benzene rings is 1. The van der Waals surface area contributed by atoms with Gasteiger partial charge in [0.25, 0.3) is 5.91 Å². The predicted octanol–water partition coefficient (Wildman–Crippen LogP) is 1.32. The molecule has 0 aliphatic carbocycles. The molecule has 1 amide bonds. The Morgan fingerprint density at radius 2 is 2.08 bits per heavy atom. The summed E-state index contributed by atoms with van der Waals surface area (Å²) >= 11 is 0. The van der Waals surface area contributed by atoms with Crippen molar-refractivity contribution in [2.24, 2.45) is 10.2 Å². The van der Waals surface area contributed by atoms with Crippen LogP contribution < -0.4 is 0 Å². The number of carbonyl (C=O) groups excluding carboxylic acids is 1. The number of rotatable bonds is 0. The summed E-state index contributed by atoms with van der Waals surface area (Å²) in [5.74, 6) is -0.830. The molecular formula is C8H5N3O2. The Kier molecular flexibility index (Phi) is 1.45. The number of hydrogen-bond acceptors (Lipinski definition) is 3. The van der Waals surface area contributed by atoms with E-state index in [-0.39, 0.29) is 22.7 Å². The third-order valence-electron chi connectivity index (χ3n) is 1.75. The summed E-state index contributed by atoms with van der Waals surface area (Å²) in [6.07, 6.45) is 0. The van der Waals surface area contributed by atoms with Crippen molar-refractivity contribution < 1.29 is 9.90 Å². The van der Waals surface area contributed by atoms with E-state index in [2.05, 4.69) is 10.2 Å². The number of nitrogens with zero attached hydrogens (tertiary/aromatic N) is 2. The minimum Gasteiger partial charge on any atom is -0.507 e. The van der Waals surface area contributed by atoms with Crippen LogP contribution in [0.3, 0.4) is 0 Å². The van der Waals surface area contributed by atoms with E-state index in [1.807, 2.05) is 0 Å². The smallest absolute Gasteiger partial charge is 0.296 e. The Bertz CT molecular complexity index is 437. The van der Waals surface area contributed by atoms with Crippen molar-refractivity contribution in [3.8, 4) is 5.75 Å². The van der Waals surface area contributed by atoms with Crippen molar-refractivity contribution in [3.05, 3.63) is 29.3 Å². The molecule has 0 bridgehead atoms. The van der Waals surface area contributed by atoms with Gasteiger partial charge in [-0.1, -0.05) is 6.07 Å². The first-order valence-corrected chi connectivity index (χ1v) is 3.57. The zero-order valence-corrected chi connectivity index (χ0v) is 6.48. The molecule has 0 unspecified atom stereocenters. The van der Waals surface area contributed by atoms with Gasteiger partial charge in [-0.15, -0.1) is 10.2 Å². The number of hydrogen-bond donors (Lipinski definition) is 2. The molecule has 0 fully saturated rings. The molecule has 13 heavy (non-hydrogen) atoms. The zero-order chi connectivity index (χ0) is 9.42. The number of carbonyl (C=O) groups is 1. The third-order valence-corrected chi connectivity index (χ3v) is 1.75. The molecule has 64 valence electrons. The number of azo groups is 1. The molecule has 1 aliphatic rings. The van der Waals surface area contributed by atoms with Crippen molar-refractivity contribution in [2.45, 2.75) is 0 Å². The molecule has 0 spiro atoms. The normalized spacial score (nSPS) is 14.5. The number of amidine groups is 1. The van der Waals surface area contributed by atoms with Crippen molar-refractivity contribution >= 4 is 11.7 Å². The number of aromatic hydroxyl groups is 1. The van der Waals surface area contributed by atoms with Gasteiger partial charge < -0.3 is 5.11 Å². The highest BCUT2D eigenvalue weighted by molar-refractivity contribution is 6.13. The lowest BCUT2D eigenvalue weighted by molar-refractivity contribution is 0.0993. The van der Waals surface area contributed by atoms with E-state index < -0.39 is 5.91 Å². The van der Waals surface area contributed by atoms with Gasteiger partial charge in [-0.3, -0.25) is 10.2 Å². The molecule has 1 aromatic rings. The number of phenolic OH excluding ortho intramolecular Hbond substituents is 1. The number of fused-ring (bicyclic) bond motifs is 1. The molecule has 0 saturated carbocycles. The summed E-state index contributed by atoms with van der Waals surface area (Å²) in [7, 11) is 0. The van der Waals surface area contributed by atoms with E-state index in [1.54, 1.807) is 0 Å². The van der Waals surface area contributed by atoms with Gasteiger partial charge in [0, 0.05) is 0 Å². The highest BCUT2D eigenvalue weighted by Gasteiger charge is 2.21. The van der Waals surface area contributed by atoms with E-state index in [0.717, 1.165) is 0 Å². The lowest BCUT2D eigenvalue weighted by Crippen LogP contribution is -2.10. The molecule has 2 N–H and O–H groups in total. The maximum absolute atomic E-state index is 11.1. The van der Waals surface area contributed by atoms with Crippen LogP contribution in [0, 0.1) is 5.41 Å². The second kappa shape index (κ2) is 2.48. The number of nitrogens with one attached hydrogen (secondary N) is 1. The Morgan fingerprint density at radius 3 is 2.77 bits per heavy atom. The summed E-state index contributed by atoms with van der Waals surface area (Å²) in [5, 5.41) is 23.2. The molecule has 5 heteroatoms. The van der Waals surface area contributed by atoms with E-state index >= 15 is 0 Å². The fourth-order valence-electron chi connectivity index (χ4n) is 1.17. The van der Waals surface area contributed by atoms with Crippen LogP contribution in [0.2, 0.25) is 0 Å². The number of amides is 1. The highest BCUT2D eigenvalue weighted by atomic mass is 16.3. The minimum absolute atomic E-state index is 0.116. The first kappa shape index (κ1) is 7.60. The third kappa shape index (κ3) is 1.01. The van der Waals surface area contributed by atoms with E-state index in [0.29, 0.717) is 0 Å². The zero-order valence-electron chi connectivity index (χ0n) is 6.48. The Labute approximate surface area is 73.2 Å². The molecule has 0 atom stereocenters. The summed E-state index contributed by atoms with van der Waals surface area (Å²) in [4.78, 5) is 11.1. The van der Waals surface area contributed by atoms with Gasteiger partial charge in [0.1, 0.15) is 5.75 Å². The van der Waals surface area contributed by atoms with E-state index in [1.165, 1.54) is 18.2 Å². The van der Waals surface area contributed by atoms with Gasteiger partial charge in [0.2, 0.25) is 0 Å². The average molecular weight is 175 g/mol. The summed E-state index contributed by atoms with van der Waals surface area (Å²) in [6, 6.07) is 4.44. The predicted molar refractivity (Wildman–Crippen MR) is 44.1 cm³/mol. The van der Waals surface area contributed by atoms with Crippen LogP contribution in [0.5, 0.6) is 5.75 Å². The van der Waals surface area contributed by atoms with Crippen LogP contribution in [-0.2, 0) is 0 Å². The minimum atomic E-state index is -0.526. The molecular weight excluding hydrogens is 170 g/mol. The van der Waals surface area contributed by atoms with E-state index in [4.69, 9.17) is 5.41 Å². The van der Waals surface area contributed by atoms with Crippen molar-refractivity contribution in [1.82, 2.24) is 0 Å². The van der Waals surface area contributed by atoms with E-state index in [9.17, 15) is 9.90 Å². The molecule has 1 aliphatic heterocycles. The standard InChI is InChI=1S/C8H5N3O2/c9-7-6-4(8(13)11-10-7)2-1-3-5(6)12/h1-3,9,12H. The van der Waals surface area contributed by atoms with Gasteiger partial charge in [0.15, 0.2) is 5.84 Å². The number of phenols is 1. The maximum atomic E-state index is 11.1. The molecule has 2 rings (SSSR count). The molecule has 5 nitrogen and oxygen atoms in total. The van der Waals surface area contributed by atoms with Crippen LogP contribution in [-0.4, -0.2) is 16.8 Å². The largest absolute Gasteiger partial charge is 0.507 e. The fraction of sp³-hybridized carbons (Fsp3) is 0. The Hall–Kier alpha value is -2.04. The topological polar surface area (TPSA) is 85.9 Å². The van der Waals surface area contributed by atoms with Crippen LogP contribution in [0.15, 0.2) is 28.4 Å². The van der Waals surface area contributed by atoms with Crippen LogP contribution >= 0.6 is 0 Å².